The van der Waals surface area contributed by atoms with E-state index < -0.39 is 0 Å². The molecule has 0 spiro atoms. The van der Waals surface area contributed by atoms with Crippen LogP contribution in [0.15, 0.2) is 18.2 Å². The van der Waals surface area contributed by atoms with Crippen LogP contribution in [0.25, 0.3) is 0 Å². The summed E-state index contributed by atoms with van der Waals surface area (Å²) in [6, 6.07) is 4.87. The zero-order valence-corrected chi connectivity index (χ0v) is 9.17. The minimum atomic E-state index is -0.174. The number of halogens is 1. The normalized spacial score (nSPS) is 9.73. The largest absolute Gasteiger partial charge is 0.482 e. The van der Waals surface area contributed by atoms with E-state index in [1.807, 2.05) is 6.92 Å². The van der Waals surface area contributed by atoms with Crippen molar-refractivity contribution >= 4 is 23.2 Å². The van der Waals surface area contributed by atoms with E-state index in [4.69, 9.17) is 22.1 Å². The van der Waals surface area contributed by atoms with Crippen LogP contribution in [0.1, 0.15) is 6.92 Å². The molecule has 0 aliphatic rings. The van der Waals surface area contributed by atoms with Crippen LogP contribution in [-0.2, 0) is 4.79 Å². The van der Waals surface area contributed by atoms with E-state index >= 15 is 0 Å². The van der Waals surface area contributed by atoms with Gasteiger partial charge in [-0.3, -0.25) is 4.79 Å². The first-order chi connectivity index (χ1) is 7.13. The third-order valence-electron chi connectivity index (χ3n) is 1.70. The molecule has 0 heterocycles. The van der Waals surface area contributed by atoms with Gasteiger partial charge in [-0.25, -0.2) is 0 Å². The molecule has 5 heteroatoms. The lowest BCUT2D eigenvalue weighted by molar-refractivity contribution is -0.122. The molecule has 0 radical (unpaired) electrons. The van der Waals surface area contributed by atoms with Gasteiger partial charge >= 0.3 is 0 Å². The average molecular weight is 229 g/mol. The maximum Gasteiger partial charge on any atom is 0.257 e. The lowest BCUT2D eigenvalue weighted by Crippen LogP contribution is -2.28. The molecule has 0 aromatic heterocycles. The Morgan fingerprint density at radius 1 is 1.60 bits per heavy atom. The Labute approximate surface area is 93.4 Å². The van der Waals surface area contributed by atoms with Gasteiger partial charge in [-0.1, -0.05) is 11.6 Å². The van der Waals surface area contributed by atoms with Gasteiger partial charge in [-0.15, -0.1) is 0 Å². The van der Waals surface area contributed by atoms with Crippen LogP contribution in [-0.4, -0.2) is 19.1 Å². The number of anilines is 1. The van der Waals surface area contributed by atoms with E-state index in [0.717, 1.165) is 0 Å². The summed E-state index contributed by atoms with van der Waals surface area (Å²) in [7, 11) is 0. The van der Waals surface area contributed by atoms with Crippen molar-refractivity contribution in [2.75, 3.05) is 18.9 Å². The SMILES string of the molecule is CCNC(=O)COc1ccc(Cl)cc1N. The van der Waals surface area contributed by atoms with Crippen molar-refractivity contribution in [3.63, 3.8) is 0 Å². The molecule has 15 heavy (non-hydrogen) atoms. The lowest BCUT2D eigenvalue weighted by Gasteiger charge is -2.08. The molecule has 0 unspecified atom stereocenters. The average Bonchev–Trinajstić information content (AvgIpc) is 2.17. The van der Waals surface area contributed by atoms with Crippen LogP contribution in [0.5, 0.6) is 5.75 Å². The van der Waals surface area contributed by atoms with Gasteiger partial charge < -0.3 is 15.8 Å². The number of rotatable bonds is 4. The number of amides is 1. The second-order valence-corrected chi connectivity index (χ2v) is 3.36. The van der Waals surface area contributed by atoms with E-state index in [2.05, 4.69) is 5.32 Å². The third kappa shape index (κ3) is 3.67. The molecule has 1 rings (SSSR count). The van der Waals surface area contributed by atoms with Gasteiger partial charge in [0, 0.05) is 11.6 Å². The Balaban J connectivity index is 2.54. The third-order valence-corrected chi connectivity index (χ3v) is 1.94. The van der Waals surface area contributed by atoms with Gasteiger partial charge in [0.25, 0.3) is 5.91 Å². The number of likely N-dealkylation sites (N-methyl/N-ethyl adjacent to an activating group) is 1. The maximum atomic E-state index is 11.1. The molecule has 0 aliphatic heterocycles. The predicted octanol–water partition coefficient (Wildman–Crippen LogP) is 1.44. The standard InChI is InChI=1S/C10H13ClN2O2/c1-2-13-10(14)6-15-9-4-3-7(11)5-8(9)12/h3-5H,2,6,12H2,1H3,(H,13,14). The van der Waals surface area contributed by atoms with Crippen LogP contribution in [0.2, 0.25) is 5.02 Å². The Morgan fingerprint density at radius 3 is 2.93 bits per heavy atom. The Morgan fingerprint density at radius 2 is 2.33 bits per heavy atom. The van der Waals surface area contributed by atoms with Crippen LogP contribution in [0.3, 0.4) is 0 Å². The topological polar surface area (TPSA) is 64.3 Å². The molecule has 3 N–H and O–H groups in total. The monoisotopic (exact) mass is 228 g/mol. The van der Waals surface area contributed by atoms with E-state index in [9.17, 15) is 4.79 Å². The second-order valence-electron chi connectivity index (χ2n) is 2.92. The molecule has 0 saturated carbocycles. The van der Waals surface area contributed by atoms with Gasteiger partial charge in [-0.2, -0.15) is 0 Å². The molecular formula is C10H13ClN2O2. The number of nitrogens with one attached hydrogen (secondary N) is 1. The highest BCUT2D eigenvalue weighted by molar-refractivity contribution is 6.30. The van der Waals surface area contributed by atoms with Crippen molar-refractivity contribution < 1.29 is 9.53 Å². The first kappa shape index (κ1) is 11.7. The van der Waals surface area contributed by atoms with E-state index in [0.29, 0.717) is 23.0 Å². The lowest BCUT2D eigenvalue weighted by atomic mass is 10.3. The summed E-state index contributed by atoms with van der Waals surface area (Å²) >= 11 is 5.71. The molecule has 0 atom stereocenters. The number of ether oxygens (including phenoxy) is 1. The maximum absolute atomic E-state index is 11.1. The summed E-state index contributed by atoms with van der Waals surface area (Å²) in [6.07, 6.45) is 0. The van der Waals surface area contributed by atoms with Gasteiger partial charge in [0.2, 0.25) is 0 Å². The van der Waals surface area contributed by atoms with Crippen molar-refractivity contribution in [1.82, 2.24) is 5.32 Å². The van der Waals surface area contributed by atoms with Gasteiger partial charge in [0.05, 0.1) is 5.69 Å². The molecule has 82 valence electrons. The Bertz CT molecular complexity index is 355. The molecule has 4 nitrogen and oxygen atoms in total. The highest BCUT2D eigenvalue weighted by atomic mass is 35.5. The van der Waals surface area contributed by atoms with Gasteiger partial charge in [0.15, 0.2) is 6.61 Å². The van der Waals surface area contributed by atoms with Gasteiger partial charge in [0.1, 0.15) is 5.75 Å². The van der Waals surface area contributed by atoms with Crippen LogP contribution >= 0.6 is 11.6 Å². The first-order valence-electron chi connectivity index (χ1n) is 4.58. The number of hydrogen-bond donors (Lipinski definition) is 2. The number of carbonyl (C=O) groups is 1. The summed E-state index contributed by atoms with van der Waals surface area (Å²) in [4.78, 5) is 11.1. The smallest absolute Gasteiger partial charge is 0.257 e. The van der Waals surface area contributed by atoms with Crippen molar-refractivity contribution in [1.29, 1.82) is 0 Å². The molecule has 0 fully saturated rings. The van der Waals surface area contributed by atoms with Gasteiger partial charge in [-0.05, 0) is 25.1 Å². The first-order valence-corrected chi connectivity index (χ1v) is 4.95. The van der Waals surface area contributed by atoms with E-state index in [1.165, 1.54) is 0 Å². The zero-order valence-electron chi connectivity index (χ0n) is 8.42. The fourth-order valence-corrected chi connectivity index (χ4v) is 1.22. The Hall–Kier alpha value is -1.42. The van der Waals surface area contributed by atoms with E-state index in [-0.39, 0.29) is 12.5 Å². The molecule has 1 aromatic carbocycles. The molecule has 0 aliphatic carbocycles. The van der Waals surface area contributed by atoms with Crippen molar-refractivity contribution in [2.24, 2.45) is 0 Å². The summed E-state index contributed by atoms with van der Waals surface area (Å²) in [5, 5.41) is 3.16. The molecule has 1 aromatic rings. The van der Waals surface area contributed by atoms with E-state index in [1.54, 1.807) is 18.2 Å². The number of benzene rings is 1. The summed E-state index contributed by atoms with van der Waals surface area (Å²) in [5.74, 6) is 0.289. The molecule has 0 saturated heterocycles. The van der Waals surface area contributed by atoms with Crippen molar-refractivity contribution in [2.45, 2.75) is 6.92 Å². The van der Waals surface area contributed by atoms with Crippen molar-refractivity contribution in [3.05, 3.63) is 23.2 Å². The van der Waals surface area contributed by atoms with Crippen LogP contribution < -0.4 is 15.8 Å². The number of hydrogen-bond acceptors (Lipinski definition) is 3. The minimum absolute atomic E-state index is 0.0420. The number of nitrogen functional groups attached to an aromatic ring is 1. The van der Waals surface area contributed by atoms with Crippen molar-refractivity contribution in [3.8, 4) is 5.75 Å². The summed E-state index contributed by atoms with van der Waals surface area (Å²) in [6.45, 7) is 2.38. The highest BCUT2D eigenvalue weighted by Crippen LogP contribution is 2.24. The minimum Gasteiger partial charge on any atom is -0.482 e. The fraction of sp³-hybridized carbons (Fsp3) is 0.300. The zero-order chi connectivity index (χ0) is 11.3. The number of carbonyl (C=O) groups excluding carboxylic acids is 1. The predicted molar refractivity (Wildman–Crippen MR) is 60.0 cm³/mol. The molecule has 0 bridgehead atoms. The van der Waals surface area contributed by atoms with Crippen LogP contribution in [0, 0.1) is 0 Å². The molecule has 1 amide bonds. The highest BCUT2D eigenvalue weighted by Gasteiger charge is 2.04. The number of nitrogens with two attached hydrogens (primary N) is 1. The fourth-order valence-electron chi connectivity index (χ4n) is 1.04. The Kier molecular flexibility index (Phi) is 4.24. The molecular weight excluding hydrogens is 216 g/mol. The second kappa shape index (κ2) is 5.46. The summed E-state index contributed by atoms with van der Waals surface area (Å²) in [5.41, 5.74) is 6.06. The summed E-state index contributed by atoms with van der Waals surface area (Å²) < 4.78 is 5.21. The van der Waals surface area contributed by atoms with Crippen LogP contribution in [0.4, 0.5) is 5.69 Å². The quantitative estimate of drug-likeness (QED) is 0.767.